The maximum atomic E-state index is 12.1. The van der Waals surface area contributed by atoms with E-state index in [9.17, 15) is 9.59 Å². The van der Waals surface area contributed by atoms with Crippen molar-refractivity contribution in [3.05, 3.63) is 0 Å². The fourth-order valence-electron chi connectivity index (χ4n) is 2.30. The number of carbonyl (C=O) groups is 2. The van der Waals surface area contributed by atoms with E-state index in [0.29, 0.717) is 12.5 Å². The molecule has 5 nitrogen and oxygen atoms in total. The van der Waals surface area contributed by atoms with Gasteiger partial charge < -0.3 is 16.4 Å². The van der Waals surface area contributed by atoms with Crippen molar-refractivity contribution in [1.82, 2.24) is 10.6 Å². The van der Waals surface area contributed by atoms with Gasteiger partial charge in [-0.1, -0.05) is 27.2 Å². The minimum Gasteiger partial charge on any atom is -0.351 e. The largest absolute Gasteiger partial charge is 0.351 e. The molecular weight excluding hydrogens is 278 g/mol. The van der Waals surface area contributed by atoms with Gasteiger partial charge in [-0.3, -0.25) is 9.59 Å². The second-order valence-corrected chi connectivity index (χ2v) is 6.49. The molecule has 1 fully saturated rings. The van der Waals surface area contributed by atoms with Gasteiger partial charge in [-0.25, -0.2) is 0 Å². The average molecular weight is 306 g/mol. The van der Waals surface area contributed by atoms with Gasteiger partial charge in [-0.2, -0.15) is 0 Å². The third-order valence-corrected chi connectivity index (χ3v) is 3.71. The quantitative estimate of drug-likeness (QED) is 0.730. The number of hydrogen-bond acceptors (Lipinski definition) is 3. The van der Waals surface area contributed by atoms with Crippen LogP contribution in [0.15, 0.2) is 0 Å². The number of halogens is 1. The molecule has 6 heteroatoms. The first-order valence-electron chi connectivity index (χ1n) is 7.07. The number of rotatable bonds is 4. The van der Waals surface area contributed by atoms with E-state index >= 15 is 0 Å². The van der Waals surface area contributed by atoms with E-state index < -0.39 is 11.5 Å². The lowest BCUT2D eigenvalue weighted by atomic mass is 9.95. The van der Waals surface area contributed by atoms with Gasteiger partial charge >= 0.3 is 0 Å². The zero-order valence-electron chi connectivity index (χ0n) is 12.9. The van der Waals surface area contributed by atoms with Gasteiger partial charge in [-0.05, 0) is 32.2 Å². The van der Waals surface area contributed by atoms with Crippen molar-refractivity contribution in [3.8, 4) is 0 Å². The predicted octanol–water partition coefficient (Wildman–Crippen LogP) is 1.20. The smallest absolute Gasteiger partial charge is 0.242 e. The molecule has 4 N–H and O–H groups in total. The molecule has 3 unspecified atom stereocenters. The normalized spacial score (nSPS) is 23.6. The molecule has 2 amide bonds. The average Bonchev–Trinajstić information content (AvgIpc) is 2.74. The van der Waals surface area contributed by atoms with Crippen LogP contribution in [-0.2, 0) is 9.59 Å². The van der Waals surface area contributed by atoms with Crippen LogP contribution in [0, 0.1) is 11.3 Å². The maximum absolute atomic E-state index is 12.1. The Balaban J connectivity index is 0.00000361. The first kappa shape index (κ1) is 19.2. The zero-order valence-corrected chi connectivity index (χ0v) is 13.7. The minimum absolute atomic E-state index is 0. The molecule has 0 aromatic rings. The summed E-state index contributed by atoms with van der Waals surface area (Å²) < 4.78 is 0. The molecule has 118 valence electrons. The molecule has 3 atom stereocenters. The summed E-state index contributed by atoms with van der Waals surface area (Å²) in [5.41, 5.74) is 5.21. The van der Waals surface area contributed by atoms with Crippen LogP contribution in [0.5, 0.6) is 0 Å². The lowest BCUT2D eigenvalue weighted by Gasteiger charge is -2.24. The third kappa shape index (κ3) is 5.29. The number of hydrogen-bond donors (Lipinski definition) is 3. The van der Waals surface area contributed by atoms with Crippen LogP contribution in [0.4, 0.5) is 0 Å². The van der Waals surface area contributed by atoms with Gasteiger partial charge in [0, 0.05) is 11.5 Å². The molecule has 0 bridgehead atoms. The standard InChI is InChI=1S/C14H27N3O2.ClH/c1-9(16-13(19)14(2,3)4)12(18)17-11-7-5-6-10(11)8-15;/h9-11H,5-8,15H2,1-4H3,(H,16,19)(H,17,18);1H. The summed E-state index contributed by atoms with van der Waals surface area (Å²) in [5.74, 6) is 0.134. The summed E-state index contributed by atoms with van der Waals surface area (Å²) in [4.78, 5) is 23.9. The number of nitrogens with one attached hydrogen (secondary N) is 2. The second-order valence-electron chi connectivity index (χ2n) is 6.49. The summed E-state index contributed by atoms with van der Waals surface area (Å²) >= 11 is 0. The van der Waals surface area contributed by atoms with E-state index in [-0.39, 0.29) is 30.3 Å². The predicted molar refractivity (Wildman–Crippen MR) is 82.6 cm³/mol. The van der Waals surface area contributed by atoms with Gasteiger partial charge in [0.05, 0.1) is 0 Å². The highest BCUT2D eigenvalue weighted by Crippen LogP contribution is 2.24. The van der Waals surface area contributed by atoms with E-state index in [1.807, 2.05) is 20.8 Å². The van der Waals surface area contributed by atoms with E-state index in [0.717, 1.165) is 19.3 Å². The molecule has 20 heavy (non-hydrogen) atoms. The van der Waals surface area contributed by atoms with Crippen molar-refractivity contribution in [2.45, 2.75) is 59.0 Å². The molecule has 0 radical (unpaired) electrons. The maximum Gasteiger partial charge on any atom is 0.242 e. The molecule has 0 aliphatic heterocycles. The Labute approximate surface area is 127 Å². The van der Waals surface area contributed by atoms with Crippen molar-refractivity contribution in [2.75, 3.05) is 6.54 Å². The second kappa shape index (κ2) is 7.84. The molecule has 1 rings (SSSR count). The first-order chi connectivity index (χ1) is 8.75. The van der Waals surface area contributed by atoms with Crippen LogP contribution >= 0.6 is 12.4 Å². The Morgan fingerprint density at radius 2 is 1.90 bits per heavy atom. The Morgan fingerprint density at radius 3 is 2.40 bits per heavy atom. The van der Waals surface area contributed by atoms with E-state index in [1.54, 1.807) is 6.92 Å². The van der Waals surface area contributed by atoms with E-state index in [4.69, 9.17) is 5.73 Å². The molecule has 0 heterocycles. The van der Waals surface area contributed by atoms with Crippen LogP contribution in [0.3, 0.4) is 0 Å². The monoisotopic (exact) mass is 305 g/mol. The van der Waals surface area contributed by atoms with Crippen LogP contribution < -0.4 is 16.4 Å². The summed E-state index contributed by atoms with van der Waals surface area (Å²) in [7, 11) is 0. The summed E-state index contributed by atoms with van der Waals surface area (Å²) in [6.45, 7) is 7.80. The van der Waals surface area contributed by atoms with Gasteiger partial charge in [0.15, 0.2) is 0 Å². The molecule has 1 saturated carbocycles. The molecular formula is C14H28ClN3O2. The molecule has 1 aliphatic carbocycles. The fourth-order valence-corrected chi connectivity index (χ4v) is 2.30. The topological polar surface area (TPSA) is 84.2 Å². The van der Waals surface area contributed by atoms with Crippen molar-refractivity contribution in [2.24, 2.45) is 17.1 Å². The van der Waals surface area contributed by atoms with Crippen molar-refractivity contribution >= 4 is 24.2 Å². The van der Waals surface area contributed by atoms with E-state index in [1.165, 1.54) is 0 Å². The fraction of sp³-hybridized carbons (Fsp3) is 0.857. The molecule has 0 aromatic heterocycles. The van der Waals surface area contributed by atoms with Gasteiger partial charge in [0.1, 0.15) is 6.04 Å². The number of amides is 2. The van der Waals surface area contributed by atoms with Gasteiger partial charge in [0.25, 0.3) is 0 Å². The van der Waals surface area contributed by atoms with Gasteiger partial charge in [0.2, 0.25) is 11.8 Å². The van der Waals surface area contributed by atoms with Gasteiger partial charge in [-0.15, -0.1) is 12.4 Å². The first-order valence-corrected chi connectivity index (χ1v) is 7.07. The number of carbonyl (C=O) groups excluding carboxylic acids is 2. The summed E-state index contributed by atoms with van der Waals surface area (Å²) in [6, 6.07) is -0.350. The molecule has 0 spiro atoms. The van der Waals surface area contributed by atoms with Crippen molar-refractivity contribution in [1.29, 1.82) is 0 Å². The molecule has 0 aromatic carbocycles. The van der Waals surface area contributed by atoms with Crippen LogP contribution in [0.1, 0.15) is 47.0 Å². The SMILES string of the molecule is CC(NC(=O)C(C)(C)C)C(=O)NC1CCCC1CN.Cl. The summed E-state index contributed by atoms with van der Waals surface area (Å²) in [6.07, 6.45) is 3.16. The molecule has 0 saturated heterocycles. The Morgan fingerprint density at radius 1 is 1.30 bits per heavy atom. The van der Waals surface area contributed by atoms with Crippen LogP contribution in [0.2, 0.25) is 0 Å². The third-order valence-electron chi connectivity index (χ3n) is 3.71. The minimum atomic E-state index is -0.509. The Hall–Kier alpha value is -0.810. The lowest BCUT2D eigenvalue weighted by Crippen LogP contribution is -2.51. The highest BCUT2D eigenvalue weighted by Gasteiger charge is 2.30. The highest BCUT2D eigenvalue weighted by molar-refractivity contribution is 5.89. The highest BCUT2D eigenvalue weighted by atomic mass is 35.5. The number of nitrogens with two attached hydrogens (primary N) is 1. The summed E-state index contributed by atoms with van der Waals surface area (Å²) in [5, 5.41) is 5.75. The Bertz CT molecular complexity index is 342. The molecule has 1 aliphatic rings. The van der Waals surface area contributed by atoms with Crippen molar-refractivity contribution < 1.29 is 9.59 Å². The van der Waals surface area contributed by atoms with Crippen molar-refractivity contribution in [3.63, 3.8) is 0 Å². The van der Waals surface area contributed by atoms with Crippen LogP contribution in [-0.4, -0.2) is 30.4 Å². The lowest BCUT2D eigenvalue weighted by molar-refractivity contribution is -0.133. The Kier molecular flexibility index (Phi) is 7.52. The zero-order chi connectivity index (χ0) is 14.6. The van der Waals surface area contributed by atoms with E-state index in [2.05, 4.69) is 10.6 Å². The van der Waals surface area contributed by atoms with Crippen LogP contribution in [0.25, 0.3) is 0 Å².